The maximum absolute atomic E-state index is 12.6. The summed E-state index contributed by atoms with van der Waals surface area (Å²) < 4.78 is 0. The minimum Gasteiger partial charge on any atom is -0.545 e. The van der Waals surface area contributed by atoms with Gasteiger partial charge in [-0.3, -0.25) is 19.3 Å². The van der Waals surface area contributed by atoms with Gasteiger partial charge in [0.05, 0.1) is 17.8 Å². The molecule has 1 aromatic rings. The lowest BCUT2D eigenvalue weighted by atomic mass is 9.81. The van der Waals surface area contributed by atoms with Crippen LogP contribution < -0.4 is 10.4 Å². The maximum Gasteiger partial charge on any atom is 0.244 e. The third kappa shape index (κ3) is 2.50. The van der Waals surface area contributed by atoms with Crippen LogP contribution in [-0.2, 0) is 14.4 Å². The van der Waals surface area contributed by atoms with Gasteiger partial charge in [-0.05, 0) is 48.8 Å². The number of carbonyl (C=O) groups excluding carboxylic acids is 4. The van der Waals surface area contributed by atoms with E-state index in [2.05, 4.69) is 5.32 Å². The van der Waals surface area contributed by atoms with Gasteiger partial charge >= 0.3 is 0 Å². The van der Waals surface area contributed by atoms with Crippen LogP contribution in [0.4, 0.5) is 5.69 Å². The van der Waals surface area contributed by atoms with Gasteiger partial charge < -0.3 is 15.2 Å². The quantitative estimate of drug-likeness (QED) is 0.777. The molecule has 3 amide bonds. The van der Waals surface area contributed by atoms with Crippen LogP contribution in [0.3, 0.4) is 0 Å². The molecule has 1 N–H and O–H groups in total. The molecule has 3 aliphatic rings. The number of fused-ring (bicyclic) bond motifs is 5. The number of carboxylic acids is 1. The molecule has 1 heterocycles. The lowest BCUT2D eigenvalue weighted by Gasteiger charge is -2.19. The summed E-state index contributed by atoms with van der Waals surface area (Å²) in [6.45, 7) is -0.334. The van der Waals surface area contributed by atoms with Gasteiger partial charge in [0, 0.05) is 5.69 Å². The molecule has 0 spiro atoms. The van der Waals surface area contributed by atoms with E-state index in [0.29, 0.717) is 0 Å². The molecule has 2 aliphatic carbocycles. The first kappa shape index (κ1) is 15.8. The fraction of sp³-hybridized carbons (Fsp3) is 0.444. The number of hydrogen-bond donors (Lipinski definition) is 1. The summed E-state index contributed by atoms with van der Waals surface area (Å²) in [6, 6.07) is 5.65. The Bertz CT molecular complexity index is 761. The zero-order valence-corrected chi connectivity index (χ0v) is 13.4. The lowest BCUT2D eigenvalue weighted by molar-refractivity contribution is -0.255. The Hall–Kier alpha value is -2.70. The van der Waals surface area contributed by atoms with Gasteiger partial charge in [-0.25, -0.2) is 0 Å². The largest absolute Gasteiger partial charge is 0.545 e. The number of rotatable bonds is 4. The van der Waals surface area contributed by atoms with Crippen molar-refractivity contribution in [1.29, 1.82) is 0 Å². The van der Waals surface area contributed by atoms with Crippen molar-refractivity contribution in [3.8, 4) is 0 Å². The summed E-state index contributed by atoms with van der Waals surface area (Å²) in [6.07, 6.45) is 2.92. The van der Waals surface area contributed by atoms with Crippen molar-refractivity contribution in [3.63, 3.8) is 0 Å². The SMILES string of the molecule is O=C(CN1C(=O)[C@@H]2[C@H]3CC[C@@H](C3)[C@@H]2C1=O)Nc1cccc(C(=O)[O-])c1. The molecule has 7 nitrogen and oxygen atoms in total. The van der Waals surface area contributed by atoms with Crippen molar-refractivity contribution in [1.82, 2.24) is 4.90 Å². The van der Waals surface area contributed by atoms with E-state index >= 15 is 0 Å². The number of imide groups is 1. The summed E-state index contributed by atoms with van der Waals surface area (Å²) in [5, 5.41) is 13.4. The first-order chi connectivity index (χ1) is 12.0. The number of anilines is 1. The van der Waals surface area contributed by atoms with E-state index in [1.165, 1.54) is 24.3 Å². The molecule has 7 heteroatoms. The fourth-order valence-electron chi connectivity index (χ4n) is 4.69. The van der Waals surface area contributed by atoms with Gasteiger partial charge in [-0.15, -0.1) is 0 Å². The number of nitrogens with zero attached hydrogens (tertiary/aromatic N) is 1. The Kier molecular flexibility index (Phi) is 3.59. The van der Waals surface area contributed by atoms with Gasteiger partial charge in [0.25, 0.3) is 0 Å². The molecule has 2 bridgehead atoms. The minimum atomic E-state index is -1.34. The molecule has 130 valence electrons. The fourth-order valence-corrected chi connectivity index (χ4v) is 4.69. The number of likely N-dealkylation sites (tertiary alicyclic amines) is 1. The summed E-state index contributed by atoms with van der Waals surface area (Å²) in [5.41, 5.74) is 0.225. The minimum absolute atomic E-state index is 0.0581. The standard InChI is InChI=1S/C18H18N2O5/c21-13(19-12-3-1-2-11(7-12)18(24)25)8-20-16(22)14-9-4-5-10(6-9)15(14)17(20)23/h1-3,7,9-10,14-15H,4-6,8H2,(H,19,21)(H,24,25)/p-1/t9-,10-,14-,15+/m0/s1. The highest BCUT2D eigenvalue weighted by Gasteiger charge is 2.60. The molecule has 1 aromatic carbocycles. The summed E-state index contributed by atoms with van der Waals surface area (Å²) >= 11 is 0. The molecule has 2 saturated carbocycles. The van der Waals surface area contributed by atoms with Crippen molar-refractivity contribution >= 4 is 29.4 Å². The highest BCUT2D eigenvalue weighted by molar-refractivity contribution is 6.09. The third-order valence-corrected chi connectivity index (χ3v) is 5.70. The maximum atomic E-state index is 12.6. The summed E-state index contributed by atoms with van der Waals surface area (Å²) in [5.74, 6) is -2.28. The average molecular weight is 341 g/mol. The van der Waals surface area contributed by atoms with E-state index in [9.17, 15) is 24.3 Å². The van der Waals surface area contributed by atoms with E-state index < -0.39 is 11.9 Å². The van der Waals surface area contributed by atoms with Gasteiger partial charge in [0.1, 0.15) is 6.54 Å². The second-order valence-electron chi connectivity index (χ2n) is 7.06. The predicted octanol–water partition coefficient (Wildman–Crippen LogP) is 0.0197. The molecule has 1 saturated heterocycles. The number of nitrogens with one attached hydrogen (secondary N) is 1. The lowest BCUT2D eigenvalue weighted by Crippen LogP contribution is -2.39. The van der Waals surface area contributed by atoms with Crippen LogP contribution in [-0.4, -0.2) is 35.1 Å². The van der Waals surface area contributed by atoms with E-state index in [1.807, 2.05) is 0 Å². The van der Waals surface area contributed by atoms with Crippen molar-refractivity contribution in [2.75, 3.05) is 11.9 Å². The molecule has 3 fully saturated rings. The van der Waals surface area contributed by atoms with Crippen LogP contribution in [0, 0.1) is 23.7 Å². The molecule has 1 aliphatic heterocycles. The highest BCUT2D eigenvalue weighted by atomic mass is 16.4. The summed E-state index contributed by atoms with van der Waals surface area (Å²) in [4.78, 5) is 49.3. The van der Waals surface area contributed by atoms with E-state index in [-0.39, 0.29) is 53.3 Å². The van der Waals surface area contributed by atoms with Gasteiger partial charge in [-0.2, -0.15) is 0 Å². The molecule has 0 unspecified atom stereocenters. The molecule has 4 atom stereocenters. The Balaban J connectivity index is 1.45. The molecular formula is C18H17N2O5-. The molecule has 4 rings (SSSR count). The Labute approximate surface area is 144 Å². The van der Waals surface area contributed by atoms with Crippen LogP contribution in [0.2, 0.25) is 0 Å². The van der Waals surface area contributed by atoms with Crippen LogP contribution in [0.5, 0.6) is 0 Å². The van der Waals surface area contributed by atoms with E-state index in [4.69, 9.17) is 0 Å². The topological polar surface area (TPSA) is 107 Å². The number of aromatic carboxylic acids is 1. The number of hydrogen-bond acceptors (Lipinski definition) is 5. The van der Waals surface area contributed by atoms with Crippen LogP contribution >= 0.6 is 0 Å². The van der Waals surface area contributed by atoms with Crippen molar-refractivity contribution < 1.29 is 24.3 Å². The van der Waals surface area contributed by atoms with Gasteiger partial charge in [-0.1, -0.05) is 12.1 Å². The first-order valence-electron chi connectivity index (χ1n) is 8.42. The molecule has 25 heavy (non-hydrogen) atoms. The molecule has 0 aromatic heterocycles. The van der Waals surface area contributed by atoms with Crippen LogP contribution in [0.15, 0.2) is 24.3 Å². The third-order valence-electron chi connectivity index (χ3n) is 5.70. The monoisotopic (exact) mass is 341 g/mol. The Morgan fingerprint density at radius 2 is 1.76 bits per heavy atom. The zero-order valence-electron chi connectivity index (χ0n) is 13.4. The number of carbonyl (C=O) groups is 4. The molecular weight excluding hydrogens is 324 g/mol. The first-order valence-corrected chi connectivity index (χ1v) is 8.42. The second kappa shape index (κ2) is 5.68. The average Bonchev–Trinajstić information content (AvgIpc) is 3.25. The number of amides is 3. The highest BCUT2D eigenvalue weighted by Crippen LogP contribution is 2.56. The van der Waals surface area contributed by atoms with Crippen molar-refractivity contribution in [2.24, 2.45) is 23.7 Å². The van der Waals surface area contributed by atoms with E-state index in [1.54, 1.807) is 0 Å². The number of benzene rings is 1. The normalized spacial score (nSPS) is 29.8. The van der Waals surface area contributed by atoms with E-state index in [0.717, 1.165) is 24.2 Å². The molecule has 0 radical (unpaired) electrons. The Morgan fingerprint density at radius 1 is 1.12 bits per heavy atom. The summed E-state index contributed by atoms with van der Waals surface area (Å²) in [7, 11) is 0. The van der Waals surface area contributed by atoms with Gasteiger partial charge in [0.2, 0.25) is 17.7 Å². The predicted molar refractivity (Wildman–Crippen MR) is 83.9 cm³/mol. The Morgan fingerprint density at radius 3 is 2.36 bits per heavy atom. The zero-order chi connectivity index (χ0) is 17.7. The van der Waals surface area contributed by atoms with Crippen LogP contribution in [0.25, 0.3) is 0 Å². The smallest absolute Gasteiger partial charge is 0.244 e. The second-order valence-corrected chi connectivity index (χ2v) is 7.06. The van der Waals surface area contributed by atoms with Gasteiger partial charge in [0.15, 0.2) is 0 Å². The van der Waals surface area contributed by atoms with Crippen molar-refractivity contribution in [2.45, 2.75) is 19.3 Å². The van der Waals surface area contributed by atoms with Crippen LogP contribution in [0.1, 0.15) is 29.6 Å². The number of carboxylic acid groups (broad SMARTS) is 1. The van der Waals surface area contributed by atoms with Crippen molar-refractivity contribution in [3.05, 3.63) is 29.8 Å².